The van der Waals surface area contributed by atoms with Gasteiger partial charge in [-0.25, -0.2) is 0 Å². The van der Waals surface area contributed by atoms with Crippen LogP contribution in [0.25, 0.3) is 10.8 Å². The van der Waals surface area contributed by atoms with Gasteiger partial charge < -0.3 is 0 Å². The van der Waals surface area contributed by atoms with Crippen LogP contribution < -0.4 is 11.3 Å². The molecule has 0 aliphatic rings. The van der Waals surface area contributed by atoms with Gasteiger partial charge in [0.1, 0.15) is 0 Å². The van der Waals surface area contributed by atoms with E-state index in [2.05, 4.69) is 68.7 Å². The van der Waals surface area contributed by atoms with Crippen LogP contribution in [0.4, 0.5) is 0 Å². The third-order valence-electron chi connectivity index (χ3n) is 3.30. The first-order valence-corrected chi connectivity index (χ1v) is 8.05. The monoisotopic (exact) mass is 288 g/mol. The third-order valence-corrected chi connectivity index (χ3v) is 4.73. The van der Waals surface area contributed by atoms with Gasteiger partial charge in [0.2, 0.25) is 0 Å². The molecule has 0 spiro atoms. The zero-order chi connectivity index (χ0) is 14.6. The van der Waals surface area contributed by atoms with Gasteiger partial charge in [0.05, 0.1) is 0 Å². The molecule has 0 saturated heterocycles. The zero-order valence-electron chi connectivity index (χ0n) is 12.5. The maximum atomic E-state index is 5.73. The number of nitrogens with two attached hydrogens (primary N) is 1. The Kier molecular flexibility index (Phi) is 5.08. The molecule has 2 rings (SSSR count). The van der Waals surface area contributed by atoms with Crippen molar-refractivity contribution in [1.29, 1.82) is 0 Å². The van der Waals surface area contributed by atoms with Gasteiger partial charge in [0, 0.05) is 16.5 Å². The first kappa shape index (κ1) is 15.4. The van der Waals surface area contributed by atoms with Crippen molar-refractivity contribution in [2.75, 3.05) is 5.75 Å². The van der Waals surface area contributed by atoms with Crippen molar-refractivity contribution < 1.29 is 0 Å². The summed E-state index contributed by atoms with van der Waals surface area (Å²) >= 11 is 1.95. The van der Waals surface area contributed by atoms with E-state index in [9.17, 15) is 0 Å². The second-order valence-electron chi connectivity index (χ2n) is 6.13. The Balaban J connectivity index is 2.13. The quantitative estimate of drug-likeness (QED) is 0.650. The first-order valence-electron chi connectivity index (χ1n) is 7.06. The second-order valence-corrected chi connectivity index (χ2v) is 7.98. The number of hydrogen-bond acceptors (Lipinski definition) is 3. The Morgan fingerprint density at radius 3 is 2.50 bits per heavy atom. The summed E-state index contributed by atoms with van der Waals surface area (Å²) in [7, 11) is 0. The van der Waals surface area contributed by atoms with Crippen molar-refractivity contribution in [1.82, 2.24) is 5.43 Å². The van der Waals surface area contributed by atoms with Crippen molar-refractivity contribution in [3.05, 3.63) is 48.0 Å². The number of nitrogens with one attached hydrogen (secondary N) is 1. The molecule has 2 aromatic carbocycles. The molecule has 0 saturated carbocycles. The lowest BCUT2D eigenvalue weighted by Gasteiger charge is -2.23. The summed E-state index contributed by atoms with van der Waals surface area (Å²) in [6.45, 7) is 6.72. The summed E-state index contributed by atoms with van der Waals surface area (Å²) in [6, 6.07) is 15.3. The summed E-state index contributed by atoms with van der Waals surface area (Å²) < 4.78 is 0.272. The minimum absolute atomic E-state index is 0.272. The SMILES string of the molecule is CC(C)(C)SCC(Cc1cccc2ccccc12)NN. The molecule has 0 heterocycles. The zero-order valence-corrected chi connectivity index (χ0v) is 13.3. The van der Waals surface area contributed by atoms with Crippen molar-refractivity contribution in [3.8, 4) is 0 Å². The molecule has 0 aliphatic carbocycles. The highest BCUT2D eigenvalue weighted by Gasteiger charge is 2.16. The lowest BCUT2D eigenvalue weighted by molar-refractivity contribution is 0.574. The van der Waals surface area contributed by atoms with Crippen LogP contribution in [0.2, 0.25) is 0 Å². The Morgan fingerprint density at radius 1 is 1.10 bits per heavy atom. The molecule has 108 valence electrons. The molecule has 1 atom stereocenters. The lowest BCUT2D eigenvalue weighted by Crippen LogP contribution is -2.39. The highest BCUT2D eigenvalue weighted by Crippen LogP contribution is 2.25. The Morgan fingerprint density at radius 2 is 1.80 bits per heavy atom. The van der Waals surface area contributed by atoms with Crippen LogP contribution in [-0.2, 0) is 6.42 Å². The summed E-state index contributed by atoms with van der Waals surface area (Å²) in [6.07, 6.45) is 0.959. The smallest absolute Gasteiger partial charge is 0.0341 e. The molecule has 3 heteroatoms. The van der Waals surface area contributed by atoms with Crippen molar-refractivity contribution in [2.24, 2.45) is 5.84 Å². The first-order chi connectivity index (χ1) is 9.49. The van der Waals surface area contributed by atoms with E-state index >= 15 is 0 Å². The number of hydrazine groups is 1. The molecule has 0 amide bonds. The molecule has 0 bridgehead atoms. The molecule has 0 radical (unpaired) electrons. The molecule has 0 aliphatic heterocycles. The highest BCUT2D eigenvalue weighted by molar-refractivity contribution is 8.00. The number of hydrogen-bond donors (Lipinski definition) is 2. The topological polar surface area (TPSA) is 38.0 Å². The van der Waals surface area contributed by atoms with Crippen molar-refractivity contribution >= 4 is 22.5 Å². The number of rotatable bonds is 5. The largest absolute Gasteiger partial charge is 0.271 e. The molecular weight excluding hydrogens is 264 g/mol. The lowest BCUT2D eigenvalue weighted by atomic mass is 10.00. The summed E-state index contributed by atoms with van der Waals surface area (Å²) in [4.78, 5) is 0. The average molecular weight is 288 g/mol. The fourth-order valence-electron chi connectivity index (χ4n) is 2.25. The van der Waals surface area contributed by atoms with Crippen LogP contribution in [0.3, 0.4) is 0 Å². The van der Waals surface area contributed by atoms with Gasteiger partial charge in [-0.1, -0.05) is 63.2 Å². The minimum atomic E-state index is 0.272. The van der Waals surface area contributed by atoms with Gasteiger partial charge in [0.15, 0.2) is 0 Å². The van der Waals surface area contributed by atoms with Gasteiger partial charge in [0.25, 0.3) is 0 Å². The van der Waals surface area contributed by atoms with Crippen LogP contribution >= 0.6 is 11.8 Å². The van der Waals surface area contributed by atoms with Crippen molar-refractivity contribution in [2.45, 2.75) is 38.0 Å². The summed E-state index contributed by atoms with van der Waals surface area (Å²) in [5, 5.41) is 2.63. The number of thioether (sulfide) groups is 1. The van der Waals surface area contributed by atoms with E-state index < -0.39 is 0 Å². The van der Waals surface area contributed by atoms with Crippen LogP contribution in [0.15, 0.2) is 42.5 Å². The second kappa shape index (κ2) is 6.61. The third kappa shape index (κ3) is 4.23. The fraction of sp³-hybridized carbons (Fsp3) is 0.412. The maximum Gasteiger partial charge on any atom is 0.0341 e. The molecule has 3 N–H and O–H groups in total. The van der Waals surface area contributed by atoms with E-state index in [1.54, 1.807) is 0 Å². The molecule has 2 nitrogen and oxygen atoms in total. The van der Waals surface area contributed by atoms with E-state index in [1.807, 2.05) is 11.8 Å². The van der Waals surface area contributed by atoms with E-state index in [1.165, 1.54) is 16.3 Å². The molecule has 1 unspecified atom stereocenters. The van der Waals surface area contributed by atoms with Crippen LogP contribution in [0.1, 0.15) is 26.3 Å². The Hall–Kier alpha value is -1.03. The average Bonchev–Trinajstić information content (AvgIpc) is 2.42. The van der Waals surface area contributed by atoms with Gasteiger partial charge >= 0.3 is 0 Å². The molecule has 0 fully saturated rings. The summed E-state index contributed by atoms with van der Waals surface area (Å²) in [5.41, 5.74) is 4.33. The van der Waals surface area contributed by atoms with E-state index in [0.717, 1.165) is 12.2 Å². The van der Waals surface area contributed by atoms with Crippen molar-refractivity contribution in [3.63, 3.8) is 0 Å². The van der Waals surface area contributed by atoms with E-state index in [-0.39, 0.29) is 4.75 Å². The van der Waals surface area contributed by atoms with Gasteiger partial charge in [-0.3, -0.25) is 11.3 Å². The molecule has 20 heavy (non-hydrogen) atoms. The van der Waals surface area contributed by atoms with Crippen LogP contribution in [-0.4, -0.2) is 16.5 Å². The van der Waals surface area contributed by atoms with E-state index in [0.29, 0.717) is 6.04 Å². The Labute approximate surface area is 126 Å². The maximum absolute atomic E-state index is 5.73. The normalized spacial score (nSPS) is 13.6. The fourth-order valence-corrected chi connectivity index (χ4v) is 3.17. The molecule has 2 aromatic rings. The van der Waals surface area contributed by atoms with Gasteiger partial charge in [-0.05, 0) is 22.8 Å². The number of fused-ring (bicyclic) bond motifs is 1. The van der Waals surface area contributed by atoms with E-state index in [4.69, 9.17) is 5.84 Å². The predicted octanol–water partition coefficient (Wildman–Crippen LogP) is 3.75. The predicted molar refractivity (Wildman–Crippen MR) is 91.0 cm³/mol. The van der Waals surface area contributed by atoms with Gasteiger partial charge in [-0.15, -0.1) is 0 Å². The Bertz CT molecular complexity index is 555. The molecule has 0 aromatic heterocycles. The minimum Gasteiger partial charge on any atom is -0.271 e. The van der Waals surface area contributed by atoms with Crippen LogP contribution in [0.5, 0.6) is 0 Å². The van der Waals surface area contributed by atoms with Gasteiger partial charge in [-0.2, -0.15) is 11.8 Å². The highest BCUT2D eigenvalue weighted by atomic mass is 32.2. The van der Waals surface area contributed by atoms with Crippen LogP contribution in [0, 0.1) is 0 Å². The molecular formula is C17H24N2S. The summed E-state index contributed by atoms with van der Waals surface area (Å²) in [5.74, 6) is 6.75. The standard InChI is InChI=1S/C17H24N2S/c1-17(2,3)20-12-15(19-18)11-14-9-6-8-13-7-4-5-10-16(13)14/h4-10,15,19H,11-12,18H2,1-3H3. The number of benzene rings is 2.